The van der Waals surface area contributed by atoms with E-state index in [1.807, 2.05) is 0 Å². The molecule has 26 heavy (non-hydrogen) atoms. The summed E-state index contributed by atoms with van der Waals surface area (Å²) < 4.78 is 0. The molecule has 1 heterocycles. The van der Waals surface area contributed by atoms with Crippen molar-refractivity contribution in [2.45, 2.75) is 57.8 Å². The van der Waals surface area contributed by atoms with Crippen molar-refractivity contribution >= 4 is 19.8 Å². The SMILES string of the molecule is CC(C)(C)[Si](C)(C)/C(=C/c1ccccc1)C1CCCN1c1ccccc1. The number of hydrogen-bond donors (Lipinski definition) is 0. The fraction of sp³-hybridized carbons (Fsp3) is 0.417. The zero-order valence-electron chi connectivity index (χ0n) is 17.0. The standard InChI is InChI=1S/C24H33NSi/c1-24(2,3)26(4,5)23(19-20-13-8-6-9-14-20)22-17-12-18-25(22)21-15-10-7-11-16-21/h6-11,13-16,19,22H,12,17-18H2,1-5H3/b23-19+. The number of nitrogens with zero attached hydrogens (tertiary/aromatic N) is 1. The van der Waals surface area contributed by atoms with E-state index in [0.717, 1.165) is 6.54 Å². The van der Waals surface area contributed by atoms with Gasteiger partial charge in [0.25, 0.3) is 0 Å². The Labute approximate surface area is 160 Å². The minimum absolute atomic E-state index is 0.332. The van der Waals surface area contributed by atoms with E-state index in [1.165, 1.54) is 24.1 Å². The topological polar surface area (TPSA) is 3.24 Å². The molecule has 0 saturated carbocycles. The molecule has 1 atom stereocenters. The van der Waals surface area contributed by atoms with Gasteiger partial charge < -0.3 is 4.90 Å². The Morgan fingerprint density at radius 2 is 1.54 bits per heavy atom. The van der Waals surface area contributed by atoms with E-state index in [1.54, 1.807) is 5.20 Å². The predicted molar refractivity (Wildman–Crippen MR) is 118 cm³/mol. The molecular weight excluding hydrogens is 330 g/mol. The number of benzene rings is 2. The minimum atomic E-state index is -1.64. The summed E-state index contributed by atoms with van der Waals surface area (Å²) in [7, 11) is -1.64. The van der Waals surface area contributed by atoms with E-state index in [-0.39, 0.29) is 0 Å². The van der Waals surface area contributed by atoms with Crippen LogP contribution in [0.15, 0.2) is 65.9 Å². The second-order valence-corrected chi connectivity index (χ2v) is 14.4. The van der Waals surface area contributed by atoms with E-state index in [2.05, 4.69) is 106 Å². The fourth-order valence-corrected chi connectivity index (χ4v) is 6.40. The van der Waals surface area contributed by atoms with Crippen LogP contribution in [0.5, 0.6) is 0 Å². The summed E-state index contributed by atoms with van der Waals surface area (Å²) in [6.45, 7) is 13.6. The molecule has 3 rings (SSSR count). The van der Waals surface area contributed by atoms with E-state index in [4.69, 9.17) is 0 Å². The lowest BCUT2D eigenvalue weighted by Gasteiger charge is -2.44. The van der Waals surface area contributed by atoms with Crippen molar-refractivity contribution in [3.05, 3.63) is 71.4 Å². The maximum Gasteiger partial charge on any atom is 0.0834 e. The van der Waals surface area contributed by atoms with Crippen molar-refractivity contribution in [1.29, 1.82) is 0 Å². The van der Waals surface area contributed by atoms with E-state index in [9.17, 15) is 0 Å². The Bertz CT molecular complexity index is 741. The fourth-order valence-electron chi connectivity index (χ4n) is 3.87. The first kappa shape index (κ1) is 19.0. The number of anilines is 1. The maximum atomic E-state index is 2.65. The molecule has 0 aromatic heterocycles. The second kappa shape index (κ2) is 7.44. The van der Waals surface area contributed by atoms with Crippen LogP contribution in [-0.4, -0.2) is 20.7 Å². The quantitative estimate of drug-likeness (QED) is 0.541. The summed E-state index contributed by atoms with van der Waals surface area (Å²) >= 11 is 0. The largest absolute Gasteiger partial charge is 0.365 e. The maximum absolute atomic E-state index is 2.65. The smallest absolute Gasteiger partial charge is 0.0834 e. The molecule has 1 nitrogen and oxygen atoms in total. The third-order valence-electron chi connectivity index (χ3n) is 6.42. The second-order valence-electron chi connectivity index (χ2n) is 9.07. The van der Waals surface area contributed by atoms with Crippen molar-refractivity contribution in [1.82, 2.24) is 0 Å². The predicted octanol–water partition coefficient (Wildman–Crippen LogP) is 6.79. The first-order valence-corrected chi connectivity index (χ1v) is 12.9. The molecule has 0 bridgehead atoms. The van der Waals surface area contributed by atoms with Gasteiger partial charge in [-0.2, -0.15) is 0 Å². The zero-order valence-corrected chi connectivity index (χ0v) is 18.0. The van der Waals surface area contributed by atoms with Gasteiger partial charge >= 0.3 is 0 Å². The number of rotatable bonds is 4. The lowest BCUT2D eigenvalue weighted by molar-refractivity contribution is 0.705. The summed E-state index contributed by atoms with van der Waals surface area (Å²) in [5.41, 5.74) is 2.71. The van der Waals surface area contributed by atoms with Gasteiger partial charge in [-0.05, 0) is 35.6 Å². The monoisotopic (exact) mass is 363 g/mol. The average Bonchev–Trinajstić information content (AvgIpc) is 3.09. The normalized spacial score (nSPS) is 19.0. The molecule has 0 N–H and O–H groups in total. The third kappa shape index (κ3) is 3.80. The Kier molecular flexibility index (Phi) is 5.43. The summed E-state index contributed by atoms with van der Waals surface area (Å²) in [6, 6.07) is 22.4. The molecule has 0 radical (unpaired) electrons. The Hall–Kier alpha value is -1.80. The highest BCUT2D eigenvalue weighted by Gasteiger charge is 2.43. The van der Waals surface area contributed by atoms with Crippen molar-refractivity contribution in [2.24, 2.45) is 0 Å². The van der Waals surface area contributed by atoms with Crippen LogP contribution in [0, 0.1) is 0 Å². The number of para-hydroxylation sites is 1. The van der Waals surface area contributed by atoms with Gasteiger partial charge in [0.15, 0.2) is 0 Å². The Morgan fingerprint density at radius 1 is 0.962 bits per heavy atom. The molecule has 2 aromatic rings. The van der Waals surface area contributed by atoms with E-state index < -0.39 is 8.07 Å². The molecule has 138 valence electrons. The van der Waals surface area contributed by atoms with Crippen LogP contribution in [0.4, 0.5) is 5.69 Å². The van der Waals surface area contributed by atoms with Gasteiger partial charge in [0.05, 0.1) is 8.07 Å². The van der Waals surface area contributed by atoms with E-state index >= 15 is 0 Å². The average molecular weight is 364 g/mol. The molecule has 0 amide bonds. The molecule has 1 saturated heterocycles. The van der Waals surface area contributed by atoms with Crippen molar-refractivity contribution in [3.63, 3.8) is 0 Å². The van der Waals surface area contributed by atoms with Crippen LogP contribution >= 0.6 is 0 Å². The first-order chi connectivity index (χ1) is 12.3. The van der Waals surface area contributed by atoms with Crippen molar-refractivity contribution in [2.75, 3.05) is 11.4 Å². The molecule has 1 unspecified atom stereocenters. The molecule has 0 spiro atoms. The van der Waals surface area contributed by atoms with Crippen molar-refractivity contribution in [3.8, 4) is 0 Å². The summed E-state index contributed by atoms with van der Waals surface area (Å²) in [5, 5.41) is 2.02. The summed E-state index contributed by atoms with van der Waals surface area (Å²) in [4.78, 5) is 2.65. The van der Waals surface area contributed by atoms with Crippen LogP contribution in [0.1, 0.15) is 39.2 Å². The third-order valence-corrected chi connectivity index (χ3v) is 12.1. The van der Waals surface area contributed by atoms with Gasteiger partial charge in [0, 0.05) is 18.3 Å². The lowest BCUT2D eigenvalue weighted by atomic mass is 10.1. The van der Waals surface area contributed by atoms with Gasteiger partial charge in [0.2, 0.25) is 0 Å². The lowest BCUT2D eigenvalue weighted by Crippen LogP contribution is -2.47. The van der Waals surface area contributed by atoms with Crippen LogP contribution in [0.3, 0.4) is 0 Å². The Morgan fingerprint density at radius 3 is 2.12 bits per heavy atom. The van der Waals surface area contributed by atoms with Gasteiger partial charge in [0.1, 0.15) is 0 Å². The van der Waals surface area contributed by atoms with Crippen molar-refractivity contribution < 1.29 is 0 Å². The van der Waals surface area contributed by atoms with Crippen LogP contribution in [0.25, 0.3) is 6.08 Å². The van der Waals surface area contributed by atoms with Crippen LogP contribution < -0.4 is 4.90 Å². The molecule has 2 aromatic carbocycles. The molecule has 2 heteroatoms. The highest BCUT2D eigenvalue weighted by Crippen LogP contribution is 2.45. The van der Waals surface area contributed by atoms with Gasteiger partial charge in [-0.3, -0.25) is 0 Å². The zero-order chi connectivity index (χ0) is 18.8. The molecule has 0 aliphatic carbocycles. The molecular formula is C24H33NSi. The molecule has 1 aliphatic heterocycles. The highest BCUT2D eigenvalue weighted by molar-refractivity contribution is 6.87. The molecule has 1 fully saturated rings. The Balaban J connectivity index is 2.07. The minimum Gasteiger partial charge on any atom is -0.365 e. The van der Waals surface area contributed by atoms with E-state index in [0.29, 0.717) is 11.1 Å². The summed E-state index contributed by atoms with van der Waals surface area (Å²) in [6.07, 6.45) is 5.06. The molecule has 1 aliphatic rings. The number of hydrogen-bond acceptors (Lipinski definition) is 1. The van der Waals surface area contributed by atoms with Gasteiger partial charge in [-0.15, -0.1) is 0 Å². The highest BCUT2D eigenvalue weighted by atomic mass is 28.3. The summed E-state index contributed by atoms with van der Waals surface area (Å²) in [5.74, 6) is 0. The van der Waals surface area contributed by atoms with Gasteiger partial charge in [-0.25, -0.2) is 0 Å². The van der Waals surface area contributed by atoms with Gasteiger partial charge in [-0.1, -0.05) is 93.7 Å². The van der Waals surface area contributed by atoms with Crippen LogP contribution in [0.2, 0.25) is 18.1 Å². The first-order valence-electron chi connectivity index (χ1n) is 9.89. The van der Waals surface area contributed by atoms with Crippen LogP contribution in [-0.2, 0) is 0 Å².